The molecule has 2 aromatic rings. The maximum atomic E-state index is 12.5. The van der Waals surface area contributed by atoms with E-state index in [1.807, 2.05) is 29.2 Å². The average Bonchev–Trinajstić information content (AvgIpc) is 3.37. The van der Waals surface area contributed by atoms with E-state index in [0.29, 0.717) is 23.9 Å². The van der Waals surface area contributed by atoms with Crippen LogP contribution in [0.15, 0.2) is 28.8 Å². The fourth-order valence-corrected chi connectivity index (χ4v) is 3.30. The number of rotatable bonds is 5. The van der Waals surface area contributed by atoms with Gasteiger partial charge in [0.1, 0.15) is 0 Å². The van der Waals surface area contributed by atoms with Crippen molar-refractivity contribution in [2.45, 2.75) is 31.7 Å². The summed E-state index contributed by atoms with van der Waals surface area (Å²) in [5.41, 5.74) is 0.885. The van der Waals surface area contributed by atoms with Crippen molar-refractivity contribution in [2.75, 3.05) is 26.2 Å². The molecule has 0 bridgehead atoms. The number of halogens is 1. The standard InChI is InChI=1S/C18H21ClN4O2/c19-15-4-2-1-3-14(15)11-17(24)23-9-7-22(8-10-23)12-16-20-18(25-21-16)13-5-6-13/h1-4,13H,5-12H2. The molecule has 7 heteroatoms. The largest absolute Gasteiger partial charge is 0.340 e. The highest BCUT2D eigenvalue weighted by atomic mass is 35.5. The molecule has 2 aliphatic rings. The van der Waals surface area contributed by atoms with Crippen LogP contribution in [-0.4, -0.2) is 52.0 Å². The summed E-state index contributed by atoms with van der Waals surface area (Å²) in [7, 11) is 0. The van der Waals surface area contributed by atoms with Crippen molar-refractivity contribution in [1.82, 2.24) is 19.9 Å². The van der Waals surface area contributed by atoms with Crippen LogP contribution in [0.4, 0.5) is 0 Å². The van der Waals surface area contributed by atoms with Crippen molar-refractivity contribution < 1.29 is 9.32 Å². The van der Waals surface area contributed by atoms with Crippen molar-refractivity contribution >= 4 is 17.5 Å². The second-order valence-electron chi connectivity index (χ2n) is 6.75. The molecule has 2 heterocycles. The van der Waals surface area contributed by atoms with E-state index in [9.17, 15) is 4.79 Å². The molecule has 1 amide bonds. The number of carbonyl (C=O) groups is 1. The summed E-state index contributed by atoms with van der Waals surface area (Å²) in [6.07, 6.45) is 2.68. The Hall–Kier alpha value is -1.92. The van der Waals surface area contributed by atoms with Gasteiger partial charge in [-0.15, -0.1) is 0 Å². The van der Waals surface area contributed by atoms with Gasteiger partial charge in [0.15, 0.2) is 5.82 Å². The molecule has 2 fully saturated rings. The molecule has 0 radical (unpaired) electrons. The summed E-state index contributed by atoms with van der Waals surface area (Å²) >= 11 is 6.15. The lowest BCUT2D eigenvalue weighted by atomic mass is 10.1. The number of benzene rings is 1. The van der Waals surface area contributed by atoms with Crippen molar-refractivity contribution in [3.63, 3.8) is 0 Å². The van der Waals surface area contributed by atoms with Gasteiger partial charge in [0, 0.05) is 37.1 Å². The Labute approximate surface area is 151 Å². The number of amides is 1. The van der Waals surface area contributed by atoms with E-state index in [4.69, 9.17) is 16.1 Å². The zero-order valence-electron chi connectivity index (χ0n) is 14.0. The summed E-state index contributed by atoms with van der Waals surface area (Å²) in [5, 5.41) is 4.72. The molecule has 4 rings (SSSR count). The molecule has 1 aliphatic heterocycles. The van der Waals surface area contributed by atoms with Crippen LogP contribution in [-0.2, 0) is 17.8 Å². The minimum Gasteiger partial charge on any atom is -0.340 e. The summed E-state index contributed by atoms with van der Waals surface area (Å²) in [4.78, 5) is 21.1. The number of hydrogen-bond acceptors (Lipinski definition) is 5. The van der Waals surface area contributed by atoms with Crippen molar-refractivity contribution in [1.29, 1.82) is 0 Å². The highest BCUT2D eigenvalue weighted by molar-refractivity contribution is 6.31. The molecule has 1 aliphatic carbocycles. The third kappa shape index (κ3) is 4.02. The fourth-order valence-electron chi connectivity index (χ4n) is 3.10. The molecule has 0 spiro atoms. The van der Waals surface area contributed by atoms with Gasteiger partial charge in [-0.25, -0.2) is 0 Å². The van der Waals surface area contributed by atoms with E-state index >= 15 is 0 Å². The van der Waals surface area contributed by atoms with Crippen LogP contribution < -0.4 is 0 Å². The fraction of sp³-hybridized carbons (Fsp3) is 0.500. The van der Waals surface area contributed by atoms with Gasteiger partial charge in [0.2, 0.25) is 11.8 Å². The molecule has 0 atom stereocenters. The third-order valence-electron chi connectivity index (χ3n) is 4.80. The highest BCUT2D eigenvalue weighted by Gasteiger charge is 2.30. The predicted molar refractivity (Wildman–Crippen MR) is 93.3 cm³/mol. The molecule has 25 heavy (non-hydrogen) atoms. The van der Waals surface area contributed by atoms with Gasteiger partial charge in [-0.3, -0.25) is 9.69 Å². The Bertz CT molecular complexity index is 751. The van der Waals surface area contributed by atoms with Gasteiger partial charge in [-0.1, -0.05) is 35.0 Å². The van der Waals surface area contributed by atoms with Gasteiger partial charge >= 0.3 is 0 Å². The summed E-state index contributed by atoms with van der Waals surface area (Å²) in [5.74, 6) is 2.14. The van der Waals surface area contributed by atoms with Crippen LogP contribution in [0.2, 0.25) is 5.02 Å². The minimum absolute atomic E-state index is 0.128. The van der Waals surface area contributed by atoms with Crippen LogP contribution in [0.25, 0.3) is 0 Å². The highest BCUT2D eigenvalue weighted by Crippen LogP contribution is 2.38. The van der Waals surface area contributed by atoms with Crippen LogP contribution in [0, 0.1) is 0 Å². The number of nitrogens with zero attached hydrogens (tertiary/aromatic N) is 4. The summed E-state index contributed by atoms with van der Waals surface area (Å²) in [6.45, 7) is 3.76. The van der Waals surface area contributed by atoms with Gasteiger partial charge in [0.05, 0.1) is 13.0 Å². The second-order valence-corrected chi connectivity index (χ2v) is 7.16. The molecule has 1 saturated carbocycles. The van der Waals surface area contributed by atoms with E-state index in [1.54, 1.807) is 0 Å². The van der Waals surface area contributed by atoms with E-state index < -0.39 is 0 Å². The predicted octanol–water partition coefficient (Wildman–Crippen LogP) is 2.49. The van der Waals surface area contributed by atoms with Crippen molar-refractivity contribution in [3.05, 3.63) is 46.6 Å². The molecule has 1 aromatic heterocycles. The Morgan fingerprint density at radius 3 is 2.68 bits per heavy atom. The number of hydrogen-bond donors (Lipinski definition) is 0. The van der Waals surface area contributed by atoms with Crippen molar-refractivity contribution in [2.24, 2.45) is 0 Å². The maximum Gasteiger partial charge on any atom is 0.229 e. The lowest BCUT2D eigenvalue weighted by molar-refractivity contribution is -0.132. The first-order valence-corrected chi connectivity index (χ1v) is 9.13. The maximum absolute atomic E-state index is 12.5. The SMILES string of the molecule is O=C(Cc1ccccc1Cl)N1CCN(Cc2noc(C3CC3)n2)CC1. The molecule has 132 valence electrons. The van der Waals surface area contributed by atoms with Crippen LogP contribution in [0.3, 0.4) is 0 Å². The van der Waals surface area contributed by atoms with Gasteiger partial charge in [-0.05, 0) is 24.5 Å². The number of aromatic nitrogens is 2. The van der Waals surface area contributed by atoms with E-state index in [1.165, 1.54) is 0 Å². The number of carbonyl (C=O) groups excluding carboxylic acids is 1. The van der Waals surface area contributed by atoms with E-state index in [0.717, 1.165) is 56.3 Å². The topological polar surface area (TPSA) is 62.5 Å². The molecular weight excluding hydrogens is 340 g/mol. The van der Waals surface area contributed by atoms with Gasteiger partial charge in [-0.2, -0.15) is 4.98 Å². The van der Waals surface area contributed by atoms with Crippen LogP contribution in [0.1, 0.15) is 36.0 Å². The van der Waals surface area contributed by atoms with E-state index in [2.05, 4.69) is 15.0 Å². The molecular formula is C18H21ClN4O2. The third-order valence-corrected chi connectivity index (χ3v) is 5.17. The van der Waals surface area contributed by atoms with Crippen LogP contribution in [0.5, 0.6) is 0 Å². The molecule has 1 aromatic carbocycles. The summed E-state index contributed by atoms with van der Waals surface area (Å²) < 4.78 is 5.30. The molecule has 0 N–H and O–H groups in total. The molecule has 1 saturated heterocycles. The Morgan fingerprint density at radius 1 is 1.20 bits per heavy atom. The van der Waals surface area contributed by atoms with Crippen LogP contribution >= 0.6 is 11.6 Å². The molecule has 0 unspecified atom stereocenters. The Morgan fingerprint density at radius 2 is 1.96 bits per heavy atom. The van der Waals surface area contributed by atoms with Gasteiger partial charge < -0.3 is 9.42 Å². The number of piperazine rings is 1. The smallest absolute Gasteiger partial charge is 0.229 e. The molecule has 6 nitrogen and oxygen atoms in total. The zero-order chi connectivity index (χ0) is 17.2. The lowest BCUT2D eigenvalue weighted by Gasteiger charge is -2.34. The average molecular weight is 361 g/mol. The van der Waals surface area contributed by atoms with E-state index in [-0.39, 0.29) is 5.91 Å². The first kappa shape index (κ1) is 16.5. The van der Waals surface area contributed by atoms with Crippen molar-refractivity contribution in [3.8, 4) is 0 Å². The first-order chi connectivity index (χ1) is 12.2. The minimum atomic E-state index is 0.128. The Kier molecular flexibility index (Phi) is 4.72. The van der Waals surface area contributed by atoms with Gasteiger partial charge in [0.25, 0.3) is 0 Å². The normalized spacial score (nSPS) is 18.5. The monoisotopic (exact) mass is 360 g/mol. The quantitative estimate of drug-likeness (QED) is 0.819. The second kappa shape index (κ2) is 7.14. The first-order valence-electron chi connectivity index (χ1n) is 8.75. The Balaban J connectivity index is 1.27. The zero-order valence-corrected chi connectivity index (χ0v) is 14.8. The summed E-state index contributed by atoms with van der Waals surface area (Å²) in [6, 6.07) is 7.52. The lowest BCUT2D eigenvalue weighted by Crippen LogP contribution is -2.48.